The minimum Gasteiger partial charge on any atom is -0.385 e. The fourth-order valence-electron chi connectivity index (χ4n) is 1.87. The summed E-state index contributed by atoms with van der Waals surface area (Å²) in [7, 11) is -5.20. The van der Waals surface area contributed by atoms with E-state index in [2.05, 4.69) is 0 Å². The van der Waals surface area contributed by atoms with Gasteiger partial charge in [0, 0.05) is 20.3 Å². The standard InChI is InChI=1S/C10H13NO6S3/c1-17-4-2-3-11-6-8(12)7-5-9(19(13)14)18-10(7)20(11,15)16/h5,19H,2-4,6H2,1H3. The Bertz CT molecular complexity index is 695. The van der Waals surface area contributed by atoms with Crippen LogP contribution in [0.15, 0.2) is 14.5 Å². The van der Waals surface area contributed by atoms with Gasteiger partial charge in [-0.15, -0.1) is 11.3 Å². The van der Waals surface area contributed by atoms with Crippen LogP contribution in [0, 0.1) is 0 Å². The van der Waals surface area contributed by atoms with Crippen LogP contribution in [0.25, 0.3) is 0 Å². The maximum absolute atomic E-state index is 12.3. The van der Waals surface area contributed by atoms with Gasteiger partial charge in [-0.1, -0.05) is 0 Å². The van der Waals surface area contributed by atoms with Crippen LogP contribution in [-0.2, 0) is 25.5 Å². The van der Waals surface area contributed by atoms with E-state index in [-0.39, 0.29) is 32.9 Å². The number of Topliss-reactive ketones (excluding diaryl/α,β-unsaturated/α-hetero) is 1. The van der Waals surface area contributed by atoms with Crippen LogP contribution in [-0.4, -0.2) is 53.7 Å². The Morgan fingerprint density at radius 3 is 2.75 bits per heavy atom. The number of ether oxygens (including phenoxy) is 1. The second-order valence-corrected chi connectivity index (χ2v) is 8.63. The van der Waals surface area contributed by atoms with Crippen LogP contribution in [0.4, 0.5) is 0 Å². The first kappa shape index (κ1) is 15.6. The number of thiophene rings is 1. The van der Waals surface area contributed by atoms with Crippen molar-refractivity contribution in [3.8, 4) is 0 Å². The third kappa shape index (κ3) is 2.79. The van der Waals surface area contributed by atoms with Crippen molar-refractivity contribution in [1.29, 1.82) is 0 Å². The molecule has 0 aliphatic carbocycles. The van der Waals surface area contributed by atoms with E-state index in [1.807, 2.05) is 0 Å². The zero-order chi connectivity index (χ0) is 14.9. The summed E-state index contributed by atoms with van der Waals surface area (Å²) in [6, 6.07) is 1.14. The lowest BCUT2D eigenvalue weighted by Crippen LogP contribution is -2.40. The summed E-state index contributed by atoms with van der Waals surface area (Å²) >= 11 is 0.619. The number of sulfonamides is 1. The number of carbonyl (C=O) groups excluding carboxylic acids is 1. The van der Waals surface area contributed by atoms with Crippen LogP contribution >= 0.6 is 11.3 Å². The number of carbonyl (C=O) groups is 1. The van der Waals surface area contributed by atoms with Crippen LogP contribution in [0.1, 0.15) is 16.8 Å². The lowest BCUT2D eigenvalue weighted by atomic mass is 10.2. The molecule has 0 atom stereocenters. The smallest absolute Gasteiger partial charge is 0.253 e. The Morgan fingerprint density at radius 1 is 1.45 bits per heavy atom. The molecule has 1 aliphatic rings. The molecule has 0 spiro atoms. The van der Waals surface area contributed by atoms with E-state index < -0.39 is 20.7 Å². The minimum atomic E-state index is -3.80. The molecular formula is C10H13NO6S3. The molecule has 0 amide bonds. The van der Waals surface area contributed by atoms with Gasteiger partial charge >= 0.3 is 0 Å². The number of hydrogen-bond acceptors (Lipinski definition) is 7. The summed E-state index contributed by atoms with van der Waals surface area (Å²) in [5, 5.41) is 0. The number of hydrogen-bond donors (Lipinski definition) is 1. The Kier molecular flexibility index (Phi) is 4.59. The molecule has 1 aromatic heterocycles. The zero-order valence-electron chi connectivity index (χ0n) is 10.6. The van der Waals surface area contributed by atoms with Crippen molar-refractivity contribution in [2.45, 2.75) is 14.8 Å². The highest BCUT2D eigenvalue weighted by Gasteiger charge is 2.38. The topological polar surface area (TPSA) is 97.8 Å². The van der Waals surface area contributed by atoms with E-state index in [1.165, 1.54) is 7.11 Å². The summed E-state index contributed by atoms with van der Waals surface area (Å²) in [4.78, 5) is 11.9. The molecule has 20 heavy (non-hydrogen) atoms. The van der Waals surface area contributed by atoms with E-state index in [4.69, 9.17) is 4.74 Å². The van der Waals surface area contributed by atoms with Gasteiger partial charge in [0.25, 0.3) is 10.0 Å². The number of rotatable bonds is 5. The van der Waals surface area contributed by atoms with Gasteiger partial charge in [0.05, 0.1) is 12.1 Å². The maximum atomic E-state index is 12.3. The molecular weight excluding hydrogens is 326 g/mol. The average molecular weight is 339 g/mol. The molecule has 0 N–H and O–H groups in total. The average Bonchev–Trinajstić information content (AvgIpc) is 2.82. The number of thiol groups is 1. The van der Waals surface area contributed by atoms with E-state index >= 15 is 0 Å². The summed E-state index contributed by atoms with van der Waals surface area (Å²) in [6.07, 6.45) is 0.465. The molecule has 2 rings (SSSR count). The van der Waals surface area contributed by atoms with Crippen LogP contribution in [0.3, 0.4) is 0 Å². The van der Waals surface area contributed by atoms with E-state index in [0.717, 1.165) is 10.4 Å². The van der Waals surface area contributed by atoms with Crippen molar-refractivity contribution in [2.24, 2.45) is 0 Å². The molecule has 0 saturated carbocycles. The fraction of sp³-hybridized carbons (Fsp3) is 0.500. The molecule has 0 unspecified atom stereocenters. The second-order valence-electron chi connectivity index (χ2n) is 4.15. The third-order valence-corrected chi connectivity index (χ3v) is 7.32. The molecule has 10 heteroatoms. The predicted molar refractivity (Wildman–Crippen MR) is 72.5 cm³/mol. The zero-order valence-corrected chi connectivity index (χ0v) is 13.1. The second kappa shape index (κ2) is 5.90. The van der Waals surface area contributed by atoms with Gasteiger partial charge in [0.1, 0.15) is 8.42 Å². The molecule has 0 bridgehead atoms. The first-order valence-electron chi connectivity index (χ1n) is 5.68. The maximum Gasteiger partial charge on any atom is 0.253 e. The summed E-state index contributed by atoms with van der Waals surface area (Å²) in [5.74, 6) is -0.383. The molecule has 112 valence electrons. The quantitative estimate of drug-likeness (QED) is 0.596. The summed E-state index contributed by atoms with van der Waals surface area (Å²) < 4.78 is 52.2. The molecule has 0 fully saturated rings. The first-order valence-corrected chi connectivity index (χ1v) is 9.12. The summed E-state index contributed by atoms with van der Waals surface area (Å²) in [6.45, 7) is 0.290. The molecule has 0 radical (unpaired) electrons. The van der Waals surface area contributed by atoms with Gasteiger partial charge in [0.15, 0.2) is 16.5 Å². The van der Waals surface area contributed by atoms with E-state index in [9.17, 15) is 21.6 Å². The minimum absolute atomic E-state index is 0.0211. The molecule has 1 aromatic rings. The lowest BCUT2D eigenvalue weighted by molar-refractivity contribution is 0.0952. The van der Waals surface area contributed by atoms with E-state index in [1.54, 1.807) is 0 Å². The lowest BCUT2D eigenvalue weighted by Gasteiger charge is -2.24. The molecule has 0 saturated heterocycles. The van der Waals surface area contributed by atoms with Gasteiger partial charge < -0.3 is 4.74 Å². The first-order chi connectivity index (χ1) is 9.37. The summed E-state index contributed by atoms with van der Waals surface area (Å²) in [5.41, 5.74) is -0.0211. The van der Waals surface area contributed by atoms with Gasteiger partial charge in [-0.05, 0) is 12.5 Å². The molecule has 7 nitrogen and oxygen atoms in total. The van der Waals surface area contributed by atoms with E-state index in [0.29, 0.717) is 24.4 Å². The Morgan fingerprint density at radius 2 is 2.15 bits per heavy atom. The SMILES string of the molecule is COCCCN1CC(=O)c2cc([SH](=O)=O)sc2S1(=O)=O. The van der Waals surface area contributed by atoms with Crippen LogP contribution < -0.4 is 0 Å². The highest BCUT2D eigenvalue weighted by atomic mass is 32.3. The monoisotopic (exact) mass is 339 g/mol. The number of ketones is 1. The molecule has 2 heterocycles. The molecule has 1 aliphatic heterocycles. The highest BCUT2D eigenvalue weighted by Crippen LogP contribution is 2.34. The number of methoxy groups -OCH3 is 1. The van der Waals surface area contributed by atoms with Crippen molar-refractivity contribution >= 4 is 37.8 Å². The van der Waals surface area contributed by atoms with Gasteiger partial charge in [0.2, 0.25) is 0 Å². The van der Waals surface area contributed by atoms with Crippen LogP contribution in [0.2, 0.25) is 0 Å². The van der Waals surface area contributed by atoms with Crippen LogP contribution in [0.5, 0.6) is 0 Å². The molecule has 0 aromatic carbocycles. The van der Waals surface area contributed by atoms with Gasteiger partial charge in [-0.3, -0.25) is 4.79 Å². The predicted octanol–water partition coefficient (Wildman–Crippen LogP) is -0.0581. The Labute approximate surface area is 122 Å². The Balaban J connectivity index is 2.39. The Hall–Kier alpha value is -0.810. The fourth-order valence-corrected chi connectivity index (χ4v) is 5.86. The third-order valence-electron chi connectivity index (χ3n) is 2.82. The van der Waals surface area contributed by atoms with Gasteiger partial charge in [-0.2, -0.15) is 4.31 Å². The van der Waals surface area contributed by atoms with Crippen molar-refractivity contribution in [3.63, 3.8) is 0 Å². The van der Waals surface area contributed by atoms with Crippen molar-refractivity contribution in [3.05, 3.63) is 11.6 Å². The number of nitrogens with zero attached hydrogens (tertiary/aromatic N) is 1. The largest absolute Gasteiger partial charge is 0.385 e. The van der Waals surface area contributed by atoms with Gasteiger partial charge in [-0.25, -0.2) is 16.8 Å². The van der Waals surface area contributed by atoms with Crippen molar-refractivity contribution in [1.82, 2.24) is 4.31 Å². The van der Waals surface area contributed by atoms with Crippen molar-refractivity contribution in [2.75, 3.05) is 26.8 Å². The van der Waals surface area contributed by atoms with Crippen molar-refractivity contribution < 1.29 is 26.4 Å². The highest BCUT2D eigenvalue weighted by molar-refractivity contribution is 7.91. The normalized spacial score (nSPS) is 18.4. The number of fused-ring (bicyclic) bond motifs is 1.